The number of hydrogen-bond donors (Lipinski definition) is 0. The van der Waals surface area contributed by atoms with Crippen LogP contribution in [0, 0.1) is 12.7 Å². The number of rotatable bonds is 3. The summed E-state index contributed by atoms with van der Waals surface area (Å²) in [5.74, 6) is -0.371. The van der Waals surface area contributed by atoms with Crippen LogP contribution in [0.15, 0.2) is 42.5 Å². The van der Waals surface area contributed by atoms with E-state index in [1.165, 1.54) is 18.2 Å². The van der Waals surface area contributed by atoms with E-state index in [1.807, 2.05) is 0 Å². The maximum Gasteiger partial charge on any atom is 0.416 e. The van der Waals surface area contributed by atoms with Crippen molar-refractivity contribution >= 4 is 0 Å². The summed E-state index contributed by atoms with van der Waals surface area (Å²) in [4.78, 5) is 0. The Hall–Kier alpha value is -2.04. The molecule has 0 amide bonds. The molecule has 0 bridgehead atoms. The van der Waals surface area contributed by atoms with Gasteiger partial charge in [-0.15, -0.1) is 0 Å². The van der Waals surface area contributed by atoms with Crippen LogP contribution >= 0.6 is 0 Å². The molecule has 0 aliphatic rings. The van der Waals surface area contributed by atoms with Crippen molar-refractivity contribution in [2.45, 2.75) is 19.7 Å². The molecule has 0 aliphatic heterocycles. The zero-order valence-electron chi connectivity index (χ0n) is 10.7. The lowest BCUT2D eigenvalue weighted by molar-refractivity contribution is -0.137. The van der Waals surface area contributed by atoms with Crippen LogP contribution in [0.1, 0.15) is 16.7 Å². The molecule has 1 nitrogen and oxygen atoms in total. The Kier molecular flexibility index (Phi) is 3.97. The lowest BCUT2D eigenvalue weighted by Crippen LogP contribution is -2.05. The first kappa shape index (κ1) is 14.4. The van der Waals surface area contributed by atoms with E-state index in [-0.39, 0.29) is 12.4 Å². The van der Waals surface area contributed by atoms with Gasteiger partial charge in [-0.05, 0) is 36.2 Å². The molecule has 0 fully saturated rings. The van der Waals surface area contributed by atoms with Crippen LogP contribution in [0.25, 0.3) is 0 Å². The summed E-state index contributed by atoms with van der Waals surface area (Å²) >= 11 is 0. The van der Waals surface area contributed by atoms with Crippen LogP contribution in [0.4, 0.5) is 17.6 Å². The highest BCUT2D eigenvalue weighted by Gasteiger charge is 2.29. The van der Waals surface area contributed by atoms with Gasteiger partial charge in [-0.3, -0.25) is 0 Å². The first-order valence-corrected chi connectivity index (χ1v) is 5.92. The van der Waals surface area contributed by atoms with Crippen LogP contribution in [0.2, 0.25) is 0 Å². The molecule has 0 radical (unpaired) electrons. The second-order valence-electron chi connectivity index (χ2n) is 4.37. The molecule has 0 aromatic heterocycles. The van der Waals surface area contributed by atoms with Gasteiger partial charge in [0, 0.05) is 0 Å². The molecule has 0 saturated carbocycles. The minimum absolute atomic E-state index is 0.0124. The van der Waals surface area contributed by atoms with Crippen molar-refractivity contribution in [3.63, 3.8) is 0 Å². The Morgan fingerprint density at radius 1 is 1.00 bits per heavy atom. The molecule has 106 valence electrons. The molecule has 2 aromatic carbocycles. The summed E-state index contributed by atoms with van der Waals surface area (Å²) in [6.07, 6.45) is -4.36. The lowest BCUT2D eigenvalue weighted by Gasteiger charge is -2.10. The molecule has 5 heteroatoms. The van der Waals surface area contributed by atoms with Crippen molar-refractivity contribution in [3.8, 4) is 5.75 Å². The minimum atomic E-state index is -4.36. The van der Waals surface area contributed by atoms with Gasteiger partial charge < -0.3 is 4.74 Å². The SMILES string of the molecule is Cc1cccc(OCc2ccc(C(F)(F)F)cc2)c1F. The van der Waals surface area contributed by atoms with Gasteiger partial charge in [-0.2, -0.15) is 13.2 Å². The number of hydrogen-bond acceptors (Lipinski definition) is 1. The zero-order chi connectivity index (χ0) is 14.8. The number of alkyl halides is 3. The highest BCUT2D eigenvalue weighted by atomic mass is 19.4. The van der Waals surface area contributed by atoms with E-state index in [9.17, 15) is 17.6 Å². The molecule has 0 aliphatic carbocycles. The van der Waals surface area contributed by atoms with Gasteiger partial charge in [0.15, 0.2) is 11.6 Å². The molecule has 0 unspecified atom stereocenters. The molecular formula is C15H12F4O. The largest absolute Gasteiger partial charge is 0.486 e. The third kappa shape index (κ3) is 3.29. The van der Waals surface area contributed by atoms with Crippen LogP contribution in [-0.2, 0) is 12.8 Å². The predicted octanol–water partition coefficient (Wildman–Crippen LogP) is 4.73. The second kappa shape index (κ2) is 5.53. The first-order chi connectivity index (χ1) is 9.38. The molecule has 2 aromatic rings. The molecule has 0 N–H and O–H groups in total. The zero-order valence-corrected chi connectivity index (χ0v) is 10.7. The summed E-state index contributed by atoms with van der Waals surface area (Å²) in [7, 11) is 0. The Morgan fingerprint density at radius 3 is 2.25 bits per heavy atom. The molecule has 20 heavy (non-hydrogen) atoms. The second-order valence-corrected chi connectivity index (χ2v) is 4.37. The van der Waals surface area contributed by atoms with E-state index in [0.29, 0.717) is 11.1 Å². The highest BCUT2D eigenvalue weighted by molar-refractivity contribution is 5.31. The summed E-state index contributed by atoms with van der Waals surface area (Å²) in [6.45, 7) is 1.62. The molecule has 2 rings (SSSR count). The summed E-state index contributed by atoms with van der Waals surface area (Å²) in [6, 6.07) is 9.33. The maximum atomic E-state index is 13.7. The first-order valence-electron chi connectivity index (χ1n) is 5.92. The average molecular weight is 284 g/mol. The van der Waals surface area contributed by atoms with E-state index in [1.54, 1.807) is 19.1 Å². The van der Waals surface area contributed by atoms with Crippen molar-refractivity contribution in [2.75, 3.05) is 0 Å². The van der Waals surface area contributed by atoms with Crippen LogP contribution in [0.5, 0.6) is 5.75 Å². The Labute approximate surface area is 113 Å². The van der Waals surface area contributed by atoms with Crippen molar-refractivity contribution in [3.05, 3.63) is 65.0 Å². The fraction of sp³-hybridized carbons (Fsp3) is 0.200. The summed E-state index contributed by atoms with van der Waals surface area (Å²) < 4.78 is 56.1. The monoisotopic (exact) mass is 284 g/mol. The maximum absolute atomic E-state index is 13.7. The fourth-order valence-electron chi connectivity index (χ4n) is 1.68. The van der Waals surface area contributed by atoms with E-state index < -0.39 is 17.6 Å². The van der Waals surface area contributed by atoms with Gasteiger partial charge in [0.25, 0.3) is 0 Å². The quantitative estimate of drug-likeness (QED) is 0.740. The standard InChI is InChI=1S/C15H12F4O/c1-10-3-2-4-13(14(10)16)20-9-11-5-7-12(8-6-11)15(17,18)19/h2-8H,9H2,1H3. The van der Waals surface area contributed by atoms with Crippen LogP contribution < -0.4 is 4.74 Å². The predicted molar refractivity (Wildman–Crippen MR) is 66.9 cm³/mol. The summed E-state index contributed by atoms with van der Waals surface area (Å²) in [5.41, 5.74) is 0.275. The fourth-order valence-corrected chi connectivity index (χ4v) is 1.68. The van der Waals surface area contributed by atoms with E-state index in [0.717, 1.165) is 12.1 Å². The third-order valence-electron chi connectivity index (χ3n) is 2.83. The van der Waals surface area contributed by atoms with Crippen molar-refractivity contribution in [2.24, 2.45) is 0 Å². The Balaban J connectivity index is 2.06. The number of halogens is 4. The van der Waals surface area contributed by atoms with Crippen LogP contribution in [-0.4, -0.2) is 0 Å². The average Bonchev–Trinajstić information content (AvgIpc) is 2.40. The van der Waals surface area contributed by atoms with Gasteiger partial charge in [0.05, 0.1) is 5.56 Å². The molecule has 0 heterocycles. The van der Waals surface area contributed by atoms with Crippen LogP contribution in [0.3, 0.4) is 0 Å². The molecule has 0 atom stereocenters. The smallest absolute Gasteiger partial charge is 0.416 e. The number of benzene rings is 2. The Bertz CT molecular complexity index is 588. The molecule has 0 saturated heterocycles. The molecule has 0 spiro atoms. The third-order valence-corrected chi connectivity index (χ3v) is 2.83. The number of ether oxygens (including phenoxy) is 1. The van der Waals surface area contributed by atoms with Gasteiger partial charge in [-0.1, -0.05) is 24.3 Å². The normalized spacial score (nSPS) is 11.4. The van der Waals surface area contributed by atoms with E-state index >= 15 is 0 Å². The van der Waals surface area contributed by atoms with Gasteiger partial charge in [0.1, 0.15) is 6.61 Å². The lowest BCUT2D eigenvalue weighted by atomic mass is 10.1. The van der Waals surface area contributed by atoms with Crippen molar-refractivity contribution in [1.29, 1.82) is 0 Å². The summed E-state index contributed by atoms with van der Waals surface area (Å²) in [5, 5.41) is 0. The van der Waals surface area contributed by atoms with Gasteiger partial charge >= 0.3 is 6.18 Å². The van der Waals surface area contributed by atoms with Crippen molar-refractivity contribution < 1.29 is 22.3 Å². The van der Waals surface area contributed by atoms with Gasteiger partial charge in [0.2, 0.25) is 0 Å². The van der Waals surface area contributed by atoms with E-state index in [2.05, 4.69) is 0 Å². The number of aryl methyl sites for hydroxylation is 1. The minimum Gasteiger partial charge on any atom is -0.486 e. The Morgan fingerprint density at radius 2 is 1.65 bits per heavy atom. The van der Waals surface area contributed by atoms with Crippen molar-refractivity contribution in [1.82, 2.24) is 0 Å². The van der Waals surface area contributed by atoms with Gasteiger partial charge in [-0.25, -0.2) is 4.39 Å². The topological polar surface area (TPSA) is 9.23 Å². The highest BCUT2D eigenvalue weighted by Crippen LogP contribution is 2.29. The molecular weight excluding hydrogens is 272 g/mol. The van der Waals surface area contributed by atoms with E-state index in [4.69, 9.17) is 4.74 Å².